The van der Waals surface area contributed by atoms with E-state index < -0.39 is 35.2 Å². The van der Waals surface area contributed by atoms with E-state index in [-0.39, 0.29) is 17.1 Å². The van der Waals surface area contributed by atoms with Gasteiger partial charge in [0.15, 0.2) is 5.50 Å². The Kier molecular flexibility index (Phi) is 4.20. The molecule has 0 bridgehead atoms. The molecule has 0 radical (unpaired) electrons. The minimum Gasteiger partial charge on any atom is -0.457 e. The highest BCUT2D eigenvalue weighted by molar-refractivity contribution is 8.00. The lowest BCUT2D eigenvalue weighted by molar-refractivity contribution is 0.145. The van der Waals surface area contributed by atoms with E-state index in [0.29, 0.717) is 11.0 Å². The number of benzene rings is 2. The SMILES string of the molecule is NC1c2c(ccc(Oc3cc(F)cc(F)c3)c2C(F)F)SC1F. The molecule has 3 rings (SSSR count). The van der Waals surface area contributed by atoms with Crippen LogP contribution < -0.4 is 10.5 Å². The maximum absolute atomic E-state index is 13.7. The van der Waals surface area contributed by atoms with Crippen molar-refractivity contribution in [3.63, 3.8) is 0 Å². The van der Waals surface area contributed by atoms with E-state index in [1.54, 1.807) is 0 Å². The predicted molar refractivity (Wildman–Crippen MR) is 75.5 cm³/mol. The number of hydrogen-bond acceptors (Lipinski definition) is 3. The van der Waals surface area contributed by atoms with Gasteiger partial charge in [-0.3, -0.25) is 0 Å². The van der Waals surface area contributed by atoms with Gasteiger partial charge in [-0.25, -0.2) is 22.0 Å². The van der Waals surface area contributed by atoms with E-state index in [2.05, 4.69) is 0 Å². The Morgan fingerprint density at radius 1 is 1.09 bits per heavy atom. The van der Waals surface area contributed by atoms with E-state index in [9.17, 15) is 22.0 Å². The fourth-order valence-electron chi connectivity index (χ4n) is 2.40. The van der Waals surface area contributed by atoms with Crippen LogP contribution in [0, 0.1) is 11.6 Å². The van der Waals surface area contributed by atoms with E-state index in [1.165, 1.54) is 12.1 Å². The first kappa shape index (κ1) is 16.1. The van der Waals surface area contributed by atoms with Crippen LogP contribution in [0.1, 0.15) is 23.6 Å². The summed E-state index contributed by atoms with van der Waals surface area (Å²) in [7, 11) is 0. The second-order valence-corrected chi connectivity index (χ2v) is 6.02. The zero-order valence-electron chi connectivity index (χ0n) is 11.4. The first-order chi connectivity index (χ1) is 10.9. The first-order valence-corrected chi connectivity index (χ1v) is 7.40. The molecule has 1 aliphatic heterocycles. The molecule has 2 unspecified atom stereocenters. The van der Waals surface area contributed by atoms with Gasteiger partial charge in [-0.05, 0) is 17.7 Å². The van der Waals surface area contributed by atoms with Crippen molar-refractivity contribution < 1.29 is 26.7 Å². The molecule has 2 N–H and O–H groups in total. The number of hydrogen-bond donors (Lipinski definition) is 1. The molecule has 2 aromatic carbocycles. The lowest BCUT2D eigenvalue weighted by Gasteiger charge is -2.16. The van der Waals surface area contributed by atoms with E-state index in [1.807, 2.05) is 0 Å². The van der Waals surface area contributed by atoms with Crippen molar-refractivity contribution in [2.45, 2.75) is 22.9 Å². The van der Waals surface area contributed by atoms with Crippen molar-refractivity contribution in [1.29, 1.82) is 0 Å². The molecule has 0 fully saturated rings. The number of fused-ring (bicyclic) bond motifs is 1. The second kappa shape index (κ2) is 6.01. The largest absolute Gasteiger partial charge is 0.457 e. The number of thioether (sulfide) groups is 1. The topological polar surface area (TPSA) is 35.2 Å². The molecular formula is C15H10F5NOS. The molecular weight excluding hydrogens is 337 g/mol. The Morgan fingerprint density at radius 3 is 2.35 bits per heavy atom. The van der Waals surface area contributed by atoms with Crippen molar-refractivity contribution in [2.75, 3.05) is 0 Å². The van der Waals surface area contributed by atoms with Crippen LogP contribution in [0.15, 0.2) is 35.2 Å². The summed E-state index contributed by atoms with van der Waals surface area (Å²) in [5.74, 6) is -2.40. The number of alkyl halides is 3. The Morgan fingerprint density at radius 2 is 1.74 bits per heavy atom. The van der Waals surface area contributed by atoms with Gasteiger partial charge in [0.2, 0.25) is 0 Å². The fraction of sp³-hybridized carbons (Fsp3) is 0.200. The molecule has 23 heavy (non-hydrogen) atoms. The molecule has 0 aromatic heterocycles. The third-order valence-corrected chi connectivity index (χ3v) is 4.47. The van der Waals surface area contributed by atoms with Gasteiger partial charge < -0.3 is 10.5 Å². The summed E-state index contributed by atoms with van der Waals surface area (Å²) in [6, 6.07) is 3.74. The van der Waals surface area contributed by atoms with Crippen molar-refractivity contribution in [3.8, 4) is 11.5 Å². The van der Waals surface area contributed by atoms with Crippen LogP contribution in [-0.4, -0.2) is 5.50 Å². The van der Waals surface area contributed by atoms with Gasteiger partial charge in [0.05, 0.1) is 11.6 Å². The third kappa shape index (κ3) is 3.00. The Labute approximate surface area is 132 Å². The summed E-state index contributed by atoms with van der Waals surface area (Å²) < 4.78 is 72.1. The molecule has 0 saturated heterocycles. The van der Waals surface area contributed by atoms with Gasteiger partial charge in [0, 0.05) is 23.1 Å². The van der Waals surface area contributed by atoms with E-state index in [4.69, 9.17) is 10.5 Å². The molecule has 2 atom stereocenters. The third-order valence-electron chi connectivity index (χ3n) is 3.34. The van der Waals surface area contributed by atoms with Crippen molar-refractivity contribution in [2.24, 2.45) is 5.73 Å². The quantitative estimate of drug-likeness (QED) is 0.785. The molecule has 0 spiro atoms. The summed E-state index contributed by atoms with van der Waals surface area (Å²) in [6.07, 6.45) is -2.98. The molecule has 122 valence electrons. The summed E-state index contributed by atoms with van der Waals surface area (Å²) in [5, 5.41) is 0. The van der Waals surface area contributed by atoms with Crippen molar-refractivity contribution in [1.82, 2.24) is 0 Å². The van der Waals surface area contributed by atoms with Gasteiger partial charge in [-0.15, -0.1) is 0 Å². The van der Waals surface area contributed by atoms with E-state index >= 15 is 0 Å². The van der Waals surface area contributed by atoms with Gasteiger partial charge >= 0.3 is 0 Å². The number of rotatable bonds is 3. The average molecular weight is 347 g/mol. The Balaban J connectivity index is 2.06. The molecule has 1 aliphatic rings. The maximum Gasteiger partial charge on any atom is 0.267 e. The van der Waals surface area contributed by atoms with Crippen LogP contribution in [0.4, 0.5) is 22.0 Å². The summed E-state index contributed by atoms with van der Waals surface area (Å²) >= 11 is 0.750. The molecule has 8 heteroatoms. The Hall–Kier alpha value is -1.80. The van der Waals surface area contributed by atoms with E-state index in [0.717, 1.165) is 23.9 Å². The lowest BCUT2D eigenvalue weighted by atomic mass is 10.0. The molecule has 2 nitrogen and oxygen atoms in total. The molecule has 0 saturated carbocycles. The van der Waals surface area contributed by atoms with Crippen molar-refractivity contribution in [3.05, 3.63) is 53.1 Å². The standard InChI is InChI=1S/C15H10F5NOS/c16-6-3-7(17)5-8(4-6)22-9-1-2-10-12(11(9)14(18)19)13(21)15(20)23-10/h1-5,13-15H,21H2. The molecule has 2 aromatic rings. The smallest absolute Gasteiger partial charge is 0.267 e. The van der Waals surface area contributed by atoms with Gasteiger partial charge in [0.25, 0.3) is 6.43 Å². The zero-order valence-corrected chi connectivity index (χ0v) is 12.2. The summed E-state index contributed by atoms with van der Waals surface area (Å²) in [4.78, 5) is 0.304. The Bertz CT molecular complexity index is 735. The zero-order chi connectivity index (χ0) is 16.7. The maximum atomic E-state index is 13.7. The van der Waals surface area contributed by atoms with Gasteiger partial charge in [-0.2, -0.15) is 0 Å². The second-order valence-electron chi connectivity index (χ2n) is 4.89. The number of nitrogens with two attached hydrogens (primary N) is 1. The molecule has 0 aliphatic carbocycles. The molecule has 1 heterocycles. The van der Waals surface area contributed by atoms with Gasteiger partial charge in [0.1, 0.15) is 23.1 Å². The number of halogens is 5. The highest BCUT2D eigenvalue weighted by Crippen LogP contribution is 2.50. The van der Waals surface area contributed by atoms with Gasteiger partial charge in [-0.1, -0.05) is 11.8 Å². The highest BCUT2D eigenvalue weighted by atomic mass is 32.2. The van der Waals surface area contributed by atoms with Crippen LogP contribution >= 0.6 is 11.8 Å². The highest BCUT2D eigenvalue weighted by Gasteiger charge is 2.36. The minimum atomic E-state index is -2.98. The average Bonchev–Trinajstić information content (AvgIpc) is 2.73. The summed E-state index contributed by atoms with van der Waals surface area (Å²) in [6.45, 7) is 0. The van der Waals surface area contributed by atoms with Crippen LogP contribution in [0.5, 0.6) is 11.5 Å². The lowest BCUT2D eigenvalue weighted by Crippen LogP contribution is -2.17. The van der Waals surface area contributed by atoms with Crippen LogP contribution in [-0.2, 0) is 0 Å². The monoisotopic (exact) mass is 347 g/mol. The first-order valence-electron chi connectivity index (χ1n) is 6.52. The van der Waals surface area contributed by atoms with Crippen LogP contribution in [0.3, 0.4) is 0 Å². The molecule has 0 amide bonds. The predicted octanol–water partition coefficient (Wildman–Crippen LogP) is 5.10. The normalized spacial score (nSPS) is 20.0. The minimum absolute atomic E-state index is 0.0353. The van der Waals surface area contributed by atoms with Crippen LogP contribution in [0.2, 0.25) is 0 Å². The van der Waals surface area contributed by atoms with Crippen LogP contribution in [0.25, 0.3) is 0 Å². The summed E-state index contributed by atoms with van der Waals surface area (Å²) in [5.41, 5.74) is 3.50. The number of ether oxygens (including phenoxy) is 1. The van der Waals surface area contributed by atoms with Crippen molar-refractivity contribution >= 4 is 11.8 Å². The fourth-order valence-corrected chi connectivity index (χ4v) is 3.44.